The molecule has 0 radical (unpaired) electrons. The van der Waals surface area contributed by atoms with E-state index in [1.54, 1.807) is 0 Å². The van der Waals surface area contributed by atoms with Crippen LogP contribution in [0.1, 0.15) is 33.4 Å². The molecule has 2 aromatic rings. The van der Waals surface area contributed by atoms with Crippen LogP contribution in [-0.2, 0) is 6.42 Å². The SMILES string of the molecule is Cc1cc(Cc2cc(C)c(O)cc2C)c(C)cc1O. The lowest BCUT2D eigenvalue weighted by Crippen LogP contribution is -1.96. The molecule has 2 heteroatoms. The van der Waals surface area contributed by atoms with Gasteiger partial charge in [0, 0.05) is 0 Å². The lowest BCUT2D eigenvalue weighted by molar-refractivity contribution is 0.470. The van der Waals surface area contributed by atoms with Crippen molar-refractivity contribution < 1.29 is 10.2 Å². The topological polar surface area (TPSA) is 40.5 Å². The molecule has 2 nitrogen and oxygen atoms in total. The van der Waals surface area contributed by atoms with Gasteiger partial charge < -0.3 is 10.2 Å². The lowest BCUT2D eigenvalue weighted by atomic mass is 9.94. The van der Waals surface area contributed by atoms with Gasteiger partial charge in [-0.05, 0) is 79.6 Å². The molecule has 19 heavy (non-hydrogen) atoms. The van der Waals surface area contributed by atoms with Gasteiger partial charge in [0.25, 0.3) is 0 Å². The van der Waals surface area contributed by atoms with E-state index in [1.807, 2.05) is 52.0 Å². The molecule has 0 spiro atoms. The van der Waals surface area contributed by atoms with Crippen molar-refractivity contribution in [2.24, 2.45) is 0 Å². The molecule has 0 amide bonds. The summed E-state index contributed by atoms with van der Waals surface area (Å²) >= 11 is 0. The standard InChI is InChI=1S/C17H20O2/c1-10-7-16(18)12(3)5-14(10)9-15-6-13(4)17(19)8-11(15)2/h5-8,18-19H,9H2,1-4H3. The summed E-state index contributed by atoms with van der Waals surface area (Å²) < 4.78 is 0. The summed E-state index contributed by atoms with van der Waals surface area (Å²) in [7, 11) is 0. The third-order valence-electron chi connectivity index (χ3n) is 3.69. The highest BCUT2D eigenvalue weighted by molar-refractivity contribution is 5.46. The van der Waals surface area contributed by atoms with Gasteiger partial charge in [-0.1, -0.05) is 12.1 Å². The maximum absolute atomic E-state index is 9.69. The molecular formula is C17H20O2. The summed E-state index contributed by atoms with van der Waals surface area (Å²) in [6.07, 6.45) is 0.819. The van der Waals surface area contributed by atoms with Crippen LogP contribution in [0.3, 0.4) is 0 Å². The summed E-state index contributed by atoms with van der Waals surface area (Å²) in [5, 5.41) is 19.4. The van der Waals surface area contributed by atoms with Gasteiger partial charge in [0.2, 0.25) is 0 Å². The largest absolute Gasteiger partial charge is 0.508 e. The Morgan fingerprint density at radius 3 is 1.37 bits per heavy atom. The fourth-order valence-electron chi connectivity index (χ4n) is 2.31. The van der Waals surface area contributed by atoms with E-state index >= 15 is 0 Å². The second-order valence-electron chi connectivity index (χ2n) is 5.31. The summed E-state index contributed by atoms with van der Waals surface area (Å²) in [6.45, 7) is 7.84. The molecule has 0 atom stereocenters. The normalized spacial score (nSPS) is 10.7. The van der Waals surface area contributed by atoms with Crippen LogP contribution in [0, 0.1) is 27.7 Å². The average molecular weight is 256 g/mol. The predicted octanol–water partition coefficient (Wildman–Crippen LogP) is 3.92. The highest BCUT2D eigenvalue weighted by atomic mass is 16.3. The molecule has 0 aliphatic rings. The number of aryl methyl sites for hydroxylation is 4. The van der Waals surface area contributed by atoms with E-state index < -0.39 is 0 Å². The van der Waals surface area contributed by atoms with Gasteiger partial charge in [0.15, 0.2) is 0 Å². The Morgan fingerprint density at radius 1 is 0.632 bits per heavy atom. The summed E-state index contributed by atoms with van der Waals surface area (Å²) in [5.74, 6) is 0.694. The molecule has 2 N–H and O–H groups in total. The van der Waals surface area contributed by atoms with Gasteiger partial charge in [-0.3, -0.25) is 0 Å². The van der Waals surface area contributed by atoms with Crippen molar-refractivity contribution in [2.45, 2.75) is 34.1 Å². The molecule has 0 heterocycles. The maximum atomic E-state index is 9.69. The molecule has 0 bridgehead atoms. The molecule has 2 rings (SSSR count). The highest BCUT2D eigenvalue weighted by Gasteiger charge is 2.08. The van der Waals surface area contributed by atoms with E-state index in [9.17, 15) is 10.2 Å². The number of hydrogen-bond donors (Lipinski definition) is 2. The minimum atomic E-state index is 0.347. The number of rotatable bonds is 2. The third-order valence-corrected chi connectivity index (χ3v) is 3.69. The summed E-state index contributed by atoms with van der Waals surface area (Å²) in [4.78, 5) is 0. The fraction of sp³-hybridized carbons (Fsp3) is 0.294. The molecule has 0 aromatic heterocycles. The summed E-state index contributed by atoms with van der Waals surface area (Å²) in [5.41, 5.74) is 6.40. The first-order valence-electron chi connectivity index (χ1n) is 6.46. The number of phenolic OH excluding ortho intramolecular Hbond substituents is 2. The van der Waals surface area contributed by atoms with Gasteiger partial charge in [-0.25, -0.2) is 0 Å². The fourth-order valence-corrected chi connectivity index (χ4v) is 2.31. The minimum Gasteiger partial charge on any atom is -0.508 e. The van der Waals surface area contributed by atoms with Crippen LogP contribution in [0.2, 0.25) is 0 Å². The molecule has 0 aliphatic carbocycles. The Balaban J connectivity index is 2.42. The molecule has 0 aliphatic heterocycles. The average Bonchev–Trinajstić information content (AvgIpc) is 2.32. The van der Waals surface area contributed by atoms with Gasteiger partial charge in [0.05, 0.1) is 0 Å². The van der Waals surface area contributed by atoms with Crippen LogP contribution in [0.25, 0.3) is 0 Å². The van der Waals surface area contributed by atoms with Crippen molar-refractivity contribution in [3.05, 3.63) is 57.6 Å². The Hall–Kier alpha value is -1.96. The molecule has 0 saturated carbocycles. The maximum Gasteiger partial charge on any atom is 0.118 e. The van der Waals surface area contributed by atoms with Gasteiger partial charge >= 0.3 is 0 Å². The zero-order chi connectivity index (χ0) is 14.2. The number of phenols is 2. The number of benzene rings is 2. The van der Waals surface area contributed by atoms with Crippen LogP contribution in [0.4, 0.5) is 0 Å². The Labute approximate surface area is 114 Å². The van der Waals surface area contributed by atoms with Crippen molar-refractivity contribution in [1.29, 1.82) is 0 Å². The predicted molar refractivity (Wildman–Crippen MR) is 78.0 cm³/mol. The molecule has 0 unspecified atom stereocenters. The molecule has 2 aromatic carbocycles. The highest BCUT2D eigenvalue weighted by Crippen LogP contribution is 2.27. The number of hydrogen-bond acceptors (Lipinski definition) is 2. The molecular weight excluding hydrogens is 236 g/mol. The van der Waals surface area contributed by atoms with Crippen LogP contribution in [0.15, 0.2) is 24.3 Å². The second-order valence-corrected chi connectivity index (χ2v) is 5.31. The first-order chi connectivity index (χ1) is 8.88. The van der Waals surface area contributed by atoms with Crippen LogP contribution in [-0.4, -0.2) is 10.2 Å². The first kappa shape index (κ1) is 13.5. The molecule has 0 saturated heterocycles. The van der Waals surface area contributed by atoms with Crippen molar-refractivity contribution in [3.63, 3.8) is 0 Å². The van der Waals surface area contributed by atoms with Crippen LogP contribution < -0.4 is 0 Å². The Kier molecular flexibility index (Phi) is 3.52. The molecule has 0 fully saturated rings. The Bertz CT molecular complexity index is 572. The number of aromatic hydroxyl groups is 2. The quantitative estimate of drug-likeness (QED) is 0.855. The first-order valence-corrected chi connectivity index (χ1v) is 6.46. The second kappa shape index (κ2) is 4.96. The summed E-state index contributed by atoms with van der Waals surface area (Å²) in [6, 6.07) is 7.69. The van der Waals surface area contributed by atoms with E-state index in [1.165, 1.54) is 11.1 Å². The van der Waals surface area contributed by atoms with E-state index in [2.05, 4.69) is 0 Å². The smallest absolute Gasteiger partial charge is 0.118 e. The van der Waals surface area contributed by atoms with Crippen molar-refractivity contribution in [1.82, 2.24) is 0 Å². The van der Waals surface area contributed by atoms with Crippen molar-refractivity contribution >= 4 is 0 Å². The van der Waals surface area contributed by atoms with Crippen LogP contribution >= 0.6 is 0 Å². The zero-order valence-corrected chi connectivity index (χ0v) is 11.9. The van der Waals surface area contributed by atoms with Crippen molar-refractivity contribution in [3.8, 4) is 11.5 Å². The van der Waals surface area contributed by atoms with E-state index in [0.717, 1.165) is 28.7 Å². The monoisotopic (exact) mass is 256 g/mol. The van der Waals surface area contributed by atoms with Gasteiger partial charge in [-0.2, -0.15) is 0 Å². The zero-order valence-electron chi connectivity index (χ0n) is 11.9. The van der Waals surface area contributed by atoms with Gasteiger partial charge in [-0.15, -0.1) is 0 Å². The van der Waals surface area contributed by atoms with E-state index in [0.29, 0.717) is 11.5 Å². The van der Waals surface area contributed by atoms with Gasteiger partial charge in [0.1, 0.15) is 11.5 Å². The van der Waals surface area contributed by atoms with E-state index in [4.69, 9.17) is 0 Å². The van der Waals surface area contributed by atoms with Crippen molar-refractivity contribution in [2.75, 3.05) is 0 Å². The minimum absolute atomic E-state index is 0.347. The van der Waals surface area contributed by atoms with Crippen LogP contribution in [0.5, 0.6) is 11.5 Å². The van der Waals surface area contributed by atoms with E-state index in [-0.39, 0.29) is 0 Å². The Morgan fingerprint density at radius 2 is 1.00 bits per heavy atom. The lowest BCUT2D eigenvalue weighted by Gasteiger charge is -2.12. The molecule has 100 valence electrons. The third kappa shape index (κ3) is 2.73.